The van der Waals surface area contributed by atoms with E-state index in [9.17, 15) is 9.90 Å². The third kappa shape index (κ3) is 3.19. The molecule has 0 aromatic carbocycles. The molecule has 0 heterocycles. The Morgan fingerprint density at radius 1 is 1.31 bits per heavy atom. The van der Waals surface area contributed by atoms with Crippen LogP contribution in [0.2, 0.25) is 0 Å². The smallest absolute Gasteiger partial charge is 0.234 e. The Labute approximate surface area is 97.0 Å². The summed E-state index contributed by atoms with van der Waals surface area (Å²) < 4.78 is 0. The first-order valence-corrected chi connectivity index (χ1v) is 6.34. The summed E-state index contributed by atoms with van der Waals surface area (Å²) in [7, 11) is 1.99. The Balaban J connectivity index is 1.72. The number of hydrogen-bond donors (Lipinski definition) is 2. The maximum Gasteiger partial charge on any atom is 0.234 e. The number of aliphatic hydroxyl groups is 1. The van der Waals surface area contributed by atoms with Crippen LogP contribution in [0.5, 0.6) is 0 Å². The van der Waals surface area contributed by atoms with Crippen molar-refractivity contribution in [2.24, 2.45) is 0 Å². The molecule has 4 heteroatoms. The zero-order valence-electron chi connectivity index (χ0n) is 9.98. The van der Waals surface area contributed by atoms with Gasteiger partial charge in [0.15, 0.2) is 0 Å². The van der Waals surface area contributed by atoms with Crippen molar-refractivity contribution in [3.05, 3.63) is 0 Å². The second-order valence-electron chi connectivity index (χ2n) is 5.17. The number of rotatable bonds is 4. The highest BCUT2D eigenvalue weighted by Gasteiger charge is 2.29. The fraction of sp³-hybridized carbons (Fsp3) is 0.917. The van der Waals surface area contributed by atoms with Crippen LogP contribution in [0, 0.1) is 0 Å². The standard InChI is InChI=1S/C12H22N2O2/c1-14(9-6-7-9)8-12(16)13-10-4-2-3-5-11(10)15/h9-11,15H,2-8H2,1H3,(H,13,16). The van der Waals surface area contributed by atoms with Gasteiger partial charge in [-0.15, -0.1) is 0 Å². The van der Waals surface area contributed by atoms with Gasteiger partial charge in [0.2, 0.25) is 5.91 Å². The highest BCUT2D eigenvalue weighted by Crippen LogP contribution is 2.25. The summed E-state index contributed by atoms with van der Waals surface area (Å²) in [4.78, 5) is 13.8. The maximum atomic E-state index is 11.7. The van der Waals surface area contributed by atoms with Crippen molar-refractivity contribution in [3.8, 4) is 0 Å². The largest absolute Gasteiger partial charge is 0.391 e. The van der Waals surface area contributed by atoms with E-state index in [4.69, 9.17) is 0 Å². The van der Waals surface area contributed by atoms with E-state index >= 15 is 0 Å². The van der Waals surface area contributed by atoms with Crippen molar-refractivity contribution in [2.75, 3.05) is 13.6 Å². The van der Waals surface area contributed by atoms with Crippen LogP contribution in [0.4, 0.5) is 0 Å². The van der Waals surface area contributed by atoms with Crippen molar-refractivity contribution < 1.29 is 9.90 Å². The number of amides is 1. The highest BCUT2D eigenvalue weighted by atomic mass is 16.3. The fourth-order valence-electron chi connectivity index (χ4n) is 2.40. The minimum atomic E-state index is -0.344. The SMILES string of the molecule is CN(CC(=O)NC1CCCCC1O)C1CC1. The van der Waals surface area contributed by atoms with Crippen molar-refractivity contribution in [1.82, 2.24) is 10.2 Å². The molecule has 2 rings (SSSR count). The van der Waals surface area contributed by atoms with Crippen LogP contribution >= 0.6 is 0 Å². The van der Waals surface area contributed by atoms with Gasteiger partial charge < -0.3 is 10.4 Å². The van der Waals surface area contributed by atoms with Crippen LogP contribution in [-0.2, 0) is 4.79 Å². The molecule has 0 aliphatic heterocycles. The number of hydrogen-bond acceptors (Lipinski definition) is 3. The molecule has 0 aromatic rings. The van der Waals surface area contributed by atoms with Gasteiger partial charge in [0.25, 0.3) is 0 Å². The van der Waals surface area contributed by atoms with Gasteiger partial charge in [0.05, 0.1) is 18.7 Å². The summed E-state index contributed by atoms with van der Waals surface area (Å²) in [6, 6.07) is 0.593. The molecule has 0 radical (unpaired) electrons. The monoisotopic (exact) mass is 226 g/mol. The maximum absolute atomic E-state index is 11.7. The zero-order chi connectivity index (χ0) is 11.5. The van der Waals surface area contributed by atoms with E-state index < -0.39 is 0 Å². The van der Waals surface area contributed by atoms with Crippen molar-refractivity contribution in [3.63, 3.8) is 0 Å². The summed E-state index contributed by atoms with van der Waals surface area (Å²) in [5, 5.41) is 12.7. The van der Waals surface area contributed by atoms with Gasteiger partial charge in [-0.2, -0.15) is 0 Å². The number of carbonyl (C=O) groups is 1. The first-order valence-electron chi connectivity index (χ1n) is 6.34. The summed E-state index contributed by atoms with van der Waals surface area (Å²) in [5.41, 5.74) is 0. The average molecular weight is 226 g/mol. The Morgan fingerprint density at radius 2 is 2.00 bits per heavy atom. The lowest BCUT2D eigenvalue weighted by atomic mass is 9.92. The second-order valence-corrected chi connectivity index (χ2v) is 5.17. The highest BCUT2D eigenvalue weighted by molar-refractivity contribution is 5.78. The summed E-state index contributed by atoms with van der Waals surface area (Å²) in [6.45, 7) is 0.466. The molecule has 0 saturated heterocycles. The molecular weight excluding hydrogens is 204 g/mol. The molecule has 2 fully saturated rings. The van der Waals surface area contributed by atoms with Crippen LogP contribution < -0.4 is 5.32 Å². The van der Waals surface area contributed by atoms with Crippen molar-refractivity contribution >= 4 is 5.91 Å². The van der Waals surface area contributed by atoms with E-state index in [1.807, 2.05) is 7.05 Å². The van der Waals surface area contributed by atoms with E-state index in [1.165, 1.54) is 12.8 Å². The predicted octanol–water partition coefficient (Wildman–Crippen LogP) is 0.500. The molecule has 0 aromatic heterocycles. The summed E-state index contributed by atoms with van der Waals surface area (Å²) in [6.07, 6.45) is 6.02. The lowest BCUT2D eigenvalue weighted by Crippen LogP contribution is -2.48. The van der Waals surface area contributed by atoms with E-state index in [0.717, 1.165) is 25.7 Å². The third-order valence-corrected chi connectivity index (χ3v) is 3.64. The van der Waals surface area contributed by atoms with Gasteiger partial charge in [0.1, 0.15) is 0 Å². The molecule has 2 unspecified atom stereocenters. The molecule has 4 nitrogen and oxygen atoms in total. The number of aliphatic hydroxyl groups excluding tert-OH is 1. The molecule has 2 saturated carbocycles. The molecule has 2 atom stereocenters. The normalized spacial score (nSPS) is 30.4. The topological polar surface area (TPSA) is 52.6 Å². The Kier molecular flexibility index (Phi) is 3.82. The molecule has 2 N–H and O–H groups in total. The number of nitrogens with one attached hydrogen (secondary N) is 1. The van der Waals surface area contributed by atoms with Crippen molar-refractivity contribution in [2.45, 2.75) is 56.7 Å². The average Bonchev–Trinajstić information content (AvgIpc) is 3.04. The minimum Gasteiger partial charge on any atom is -0.391 e. The summed E-state index contributed by atoms with van der Waals surface area (Å²) in [5.74, 6) is 0.0559. The lowest BCUT2D eigenvalue weighted by Gasteiger charge is -2.29. The molecule has 2 aliphatic rings. The summed E-state index contributed by atoms with van der Waals surface area (Å²) >= 11 is 0. The van der Waals surface area contributed by atoms with Gasteiger partial charge in [-0.3, -0.25) is 9.69 Å². The molecule has 16 heavy (non-hydrogen) atoms. The van der Waals surface area contributed by atoms with Crippen LogP contribution in [0.15, 0.2) is 0 Å². The van der Waals surface area contributed by atoms with Gasteiger partial charge in [0, 0.05) is 6.04 Å². The molecule has 0 spiro atoms. The van der Waals surface area contributed by atoms with E-state index in [2.05, 4.69) is 10.2 Å². The zero-order valence-corrected chi connectivity index (χ0v) is 9.98. The molecule has 92 valence electrons. The van der Waals surface area contributed by atoms with Crippen LogP contribution in [-0.4, -0.2) is 47.7 Å². The van der Waals surface area contributed by atoms with Gasteiger partial charge in [-0.1, -0.05) is 12.8 Å². The number of likely N-dealkylation sites (N-methyl/N-ethyl adjacent to an activating group) is 1. The lowest BCUT2D eigenvalue weighted by molar-refractivity contribution is -0.124. The predicted molar refractivity (Wildman–Crippen MR) is 62.1 cm³/mol. The van der Waals surface area contributed by atoms with E-state index in [0.29, 0.717) is 12.6 Å². The second kappa shape index (κ2) is 5.15. The Hall–Kier alpha value is -0.610. The van der Waals surface area contributed by atoms with Gasteiger partial charge in [-0.25, -0.2) is 0 Å². The van der Waals surface area contributed by atoms with Gasteiger partial charge >= 0.3 is 0 Å². The van der Waals surface area contributed by atoms with E-state index in [1.54, 1.807) is 0 Å². The third-order valence-electron chi connectivity index (χ3n) is 3.64. The van der Waals surface area contributed by atoms with Crippen LogP contribution in [0.1, 0.15) is 38.5 Å². The fourth-order valence-corrected chi connectivity index (χ4v) is 2.40. The molecule has 2 aliphatic carbocycles. The molecule has 1 amide bonds. The first kappa shape index (κ1) is 11.9. The Morgan fingerprint density at radius 3 is 2.62 bits per heavy atom. The quantitative estimate of drug-likeness (QED) is 0.734. The minimum absolute atomic E-state index is 0.0196. The molecular formula is C12H22N2O2. The Bertz CT molecular complexity index is 253. The van der Waals surface area contributed by atoms with Crippen molar-refractivity contribution in [1.29, 1.82) is 0 Å². The first-order chi connectivity index (χ1) is 7.66. The number of nitrogens with zero attached hydrogens (tertiary/aromatic N) is 1. The molecule has 0 bridgehead atoms. The number of carbonyl (C=O) groups excluding carboxylic acids is 1. The van der Waals surface area contributed by atoms with E-state index in [-0.39, 0.29) is 18.1 Å². The van der Waals surface area contributed by atoms with Crippen LogP contribution in [0.3, 0.4) is 0 Å². The van der Waals surface area contributed by atoms with Gasteiger partial charge in [-0.05, 0) is 32.7 Å². The van der Waals surface area contributed by atoms with Crippen LogP contribution in [0.25, 0.3) is 0 Å².